The van der Waals surface area contributed by atoms with Crippen molar-refractivity contribution in [1.29, 1.82) is 0 Å². The summed E-state index contributed by atoms with van der Waals surface area (Å²) in [5.74, 6) is 1.36. The van der Waals surface area contributed by atoms with Crippen LogP contribution in [0.4, 0.5) is 17.1 Å². The Morgan fingerprint density at radius 1 is 0.276 bits per heavy atom. The van der Waals surface area contributed by atoms with Gasteiger partial charge >= 0.3 is 0 Å². The van der Waals surface area contributed by atoms with E-state index in [1.54, 1.807) is 24.3 Å². The summed E-state index contributed by atoms with van der Waals surface area (Å²) < 4.78 is 68.1. The van der Waals surface area contributed by atoms with Gasteiger partial charge in [0.05, 0.1) is 50.2 Å². The van der Waals surface area contributed by atoms with Gasteiger partial charge in [-0.3, -0.25) is 0 Å². The molecule has 0 amide bonds. The molecule has 0 aliphatic carbocycles. The zero-order valence-electron chi connectivity index (χ0n) is 59.0. The third kappa shape index (κ3) is 8.47. The Kier molecular flexibility index (Phi) is 11.2. The van der Waals surface area contributed by atoms with Crippen LogP contribution in [-0.4, -0.2) is 20.4 Å². The summed E-state index contributed by atoms with van der Waals surface area (Å²) in [7, 11) is 0. The lowest BCUT2D eigenvalue weighted by molar-refractivity contribution is 0.487. The molecular formula is C92H61BN4O. The van der Waals surface area contributed by atoms with Crippen molar-refractivity contribution >= 4 is 106 Å². The fraction of sp³-hybridized carbons (Fsp3) is 0.0217. The van der Waals surface area contributed by atoms with Crippen LogP contribution >= 0.6 is 0 Å². The van der Waals surface area contributed by atoms with E-state index in [9.17, 15) is 0 Å². The van der Waals surface area contributed by atoms with Crippen molar-refractivity contribution in [2.24, 2.45) is 0 Å². The van der Waals surface area contributed by atoms with E-state index in [-0.39, 0.29) is 17.8 Å². The number of aromatic nitrogens is 3. The Morgan fingerprint density at radius 2 is 0.724 bits per heavy atom. The number of hydrogen-bond donors (Lipinski definition) is 0. The predicted molar refractivity (Wildman–Crippen MR) is 412 cm³/mol. The average Bonchev–Trinajstić information content (AvgIpc) is 0.721. The summed E-state index contributed by atoms with van der Waals surface area (Å²) in [5, 5.41) is 6.96. The second kappa shape index (κ2) is 22.0. The fourth-order valence-corrected chi connectivity index (χ4v) is 16.3. The number of anilines is 3. The van der Waals surface area contributed by atoms with E-state index < -0.39 is 13.7 Å². The van der Waals surface area contributed by atoms with E-state index in [0.29, 0.717) is 33.8 Å². The molecule has 0 N–H and O–H groups in total. The van der Waals surface area contributed by atoms with Gasteiger partial charge in [-0.2, -0.15) is 0 Å². The SMILES string of the molecule is [2H]C([2H])([2H])c1ccccc1-c1cc(-c2cc3c4c(c2)N(c2ccccc2-c2ccccc2)c2cc(-c5cccc(-n6c7ccccc7c7ccccc76)c5-n5c6ccccc6c6ccccc65)ccc2B4c2ccc(-n4c5ccccc5c5ccccc54)cc2O3)cc(-c2ccccc2C([2H])([2H])[2H])c1. The molecule has 0 saturated carbocycles. The van der Waals surface area contributed by atoms with Gasteiger partial charge in [0.15, 0.2) is 0 Å². The Balaban J connectivity index is 0.896. The lowest BCUT2D eigenvalue weighted by atomic mass is 9.34. The van der Waals surface area contributed by atoms with Crippen LogP contribution in [0, 0.1) is 13.7 Å². The van der Waals surface area contributed by atoms with Crippen LogP contribution in [0.5, 0.6) is 11.5 Å². The predicted octanol–water partition coefficient (Wildman–Crippen LogP) is 22.3. The lowest BCUT2D eigenvalue weighted by Crippen LogP contribution is -2.59. The minimum Gasteiger partial charge on any atom is -0.458 e. The van der Waals surface area contributed by atoms with Crippen molar-refractivity contribution in [3.8, 4) is 84.2 Å². The number of nitrogens with zero attached hydrogens (tertiary/aromatic N) is 4. The molecule has 2 aliphatic rings. The number of aryl methyl sites for hydroxylation is 2. The van der Waals surface area contributed by atoms with Gasteiger partial charge in [-0.25, -0.2) is 0 Å². The molecule has 3 aromatic heterocycles. The van der Waals surface area contributed by atoms with Crippen molar-refractivity contribution in [3.05, 3.63) is 345 Å². The summed E-state index contributed by atoms with van der Waals surface area (Å²) in [5.41, 5.74) is 23.6. The van der Waals surface area contributed by atoms with E-state index in [4.69, 9.17) is 13.0 Å². The minimum absolute atomic E-state index is 0.188. The Bertz CT molecular complexity index is 6370. The van der Waals surface area contributed by atoms with Gasteiger partial charge in [0.2, 0.25) is 0 Å². The topological polar surface area (TPSA) is 27.3 Å². The first kappa shape index (κ1) is 49.9. The molecule has 5 heterocycles. The van der Waals surface area contributed by atoms with Crippen molar-refractivity contribution < 1.29 is 13.0 Å². The van der Waals surface area contributed by atoms with Crippen molar-refractivity contribution in [2.45, 2.75) is 13.7 Å². The maximum Gasteiger partial charge on any atom is 0.256 e. The van der Waals surface area contributed by atoms with Crippen LogP contribution in [-0.2, 0) is 0 Å². The van der Waals surface area contributed by atoms with Gasteiger partial charge < -0.3 is 23.3 Å². The van der Waals surface area contributed by atoms with Gasteiger partial charge in [0.1, 0.15) is 11.5 Å². The quantitative estimate of drug-likeness (QED) is 0.135. The van der Waals surface area contributed by atoms with E-state index in [2.05, 4.69) is 286 Å². The third-order valence-corrected chi connectivity index (χ3v) is 20.5. The van der Waals surface area contributed by atoms with Crippen LogP contribution < -0.4 is 26.0 Å². The molecule has 6 heteroatoms. The van der Waals surface area contributed by atoms with E-state index in [1.807, 2.05) is 42.5 Å². The second-order valence-corrected chi connectivity index (χ2v) is 25.8. The van der Waals surface area contributed by atoms with Crippen molar-refractivity contribution in [2.75, 3.05) is 4.90 Å². The first-order valence-electron chi connectivity index (χ1n) is 36.4. The number of hydrogen-bond acceptors (Lipinski definition) is 2. The van der Waals surface area contributed by atoms with Crippen LogP contribution in [0.1, 0.15) is 19.4 Å². The molecule has 0 unspecified atom stereocenters. The van der Waals surface area contributed by atoms with Gasteiger partial charge in [-0.05, 0) is 177 Å². The van der Waals surface area contributed by atoms with Crippen molar-refractivity contribution in [1.82, 2.24) is 13.7 Å². The number of ether oxygens (including phenoxy) is 1. The van der Waals surface area contributed by atoms with Gasteiger partial charge in [0, 0.05) is 74.8 Å². The molecule has 0 fully saturated rings. The highest BCUT2D eigenvalue weighted by molar-refractivity contribution is 6.99. The van der Waals surface area contributed by atoms with Crippen LogP contribution in [0.2, 0.25) is 0 Å². The van der Waals surface area contributed by atoms with E-state index >= 15 is 0 Å². The number of benzene rings is 15. The molecule has 0 saturated heterocycles. The largest absolute Gasteiger partial charge is 0.458 e. The second-order valence-electron chi connectivity index (χ2n) is 25.8. The fourth-order valence-electron chi connectivity index (χ4n) is 16.3. The van der Waals surface area contributed by atoms with Crippen LogP contribution in [0.25, 0.3) is 138 Å². The summed E-state index contributed by atoms with van der Waals surface area (Å²) in [6.07, 6.45) is 0. The van der Waals surface area contributed by atoms with Gasteiger partial charge in [-0.15, -0.1) is 0 Å². The Hall–Kier alpha value is -12.6. The van der Waals surface area contributed by atoms with Crippen LogP contribution in [0.15, 0.2) is 334 Å². The molecule has 20 rings (SSSR count). The lowest BCUT2D eigenvalue weighted by Gasteiger charge is -2.41. The summed E-state index contributed by atoms with van der Waals surface area (Å²) in [6, 6.07) is 117. The summed E-state index contributed by atoms with van der Waals surface area (Å²) >= 11 is 0. The zero-order valence-corrected chi connectivity index (χ0v) is 53.0. The Labute approximate surface area is 576 Å². The minimum atomic E-state index is -2.47. The third-order valence-electron chi connectivity index (χ3n) is 20.5. The standard InChI is InChI=1S/C92H61BN4O/c1-58-25-6-8-29-67(58)64-51-62(52-65(53-64)68-30-9-7-26-59(68)2)63-55-88-91-90(56-63)98-89-57-66(94-80-40-18-11-32-71(80)72-33-12-19-41-81(72)94)48-50-78(89)93(91)77-49-47-61(54-87(77)96(88)79-39-17-10-31-69(79)60-27-4-3-5-28-60)70-38-24-46-86(95-82-42-20-13-34-73(82)74-35-14-21-43-83(74)95)92(70)97-84-44-22-15-36-75(84)76-37-16-23-45-85(76)97/h3-57H,1-2H3/i1D3,2D3. The normalized spacial score (nSPS) is 13.6. The zero-order chi connectivity index (χ0) is 69.7. The molecule has 0 spiro atoms. The number of rotatable bonds is 9. The first-order chi connectivity index (χ1) is 50.9. The molecule has 18 aromatic rings. The van der Waals surface area contributed by atoms with E-state index in [0.717, 1.165) is 139 Å². The maximum absolute atomic E-state index is 8.86. The molecular weight excluding hydrogens is 1190 g/mol. The maximum atomic E-state index is 8.86. The molecule has 2 aliphatic heterocycles. The highest BCUT2D eigenvalue weighted by atomic mass is 16.5. The average molecular weight is 1260 g/mol. The highest BCUT2D eigenvalue weighted by Crippen LogP contribution is 2.50. The molecule has 15 aromatic carbocycles. The monoisotopic (exact) mass is 1250 g/mol. The molecule has 0 atom stereocenters. The molecule has 98 heavy (non-hydrogen) atoms. The smallest absolute Gasteiger partial charge is 0.256 e. The molecule has 5 nitrogen and oxygen atoms in total. The van der Waals surface area contributed by atoms with Gasteiger partial charge in [0.25, 0.3) is 6.71 Å². The summed E-state index contributed by atoms with van der Waals surface area (Å²) in [4.78, 5) is 2.44. The van der Waals surface area contributed by atoms with Crippen LogP contribution in [0.3, 0.4) is 0 Å². The first-order valence-corrected chi connectivity index (χ1v) is 33.4. The molecule has 0 bridgehead atoms. The Morgan fingerprint density at radius 3 is 1.31 bits per heavy atom. The van der Waals surface area contributed by atoms with Crippen molar-refractivity contribution in [3.63, 3.8) is 0 Å². The highest BCUT2D eigenvalue weighted by Gasteiger charge is 2.43. The van der Waals surface area contributed by atoms with Gasteiger partial charge in [-0.1, -0.05) is 237 Å². The van der Waals surface area contributed by atoms with E-state index in [1.165, 1.54) is 10.8 Å². The number of para-hydroxylation sites is 8. The molecule has 0 radical (unpaired) electrons. The molecule has 458 valence electrons. The number of fused-ring (bicyclic) bond motifs is 13. The summed E-state index contributed by atoms with van der Waals surface area (Å²) in [6.45, 7) is -5.30.